The van der Waals surface area contributed by atoms with Crippen LogP contribution in [0, 0.1) is 0 Å². The zero-order valence-corrected chi connectivity index (χ0v) is 16.7. The average molecular weight is 402 g/mol. The number of benzene rings is 1. The van der Waals surface area contributed by atoms with Gasteiger partial charge in [0.15, 0.2) is 0 Å². The minimum atomic E-state index is -0.580. The summed E-state index contributed by atoms with van der Waals surface area (Å²) in [5, 5.41) is 18.4. The van der Waals surface area contributed by atoms with Crippen LogP contribution >= 0.6 is 0 Å². The Morgan fingerprint density at radius 3 is 2.52 bits per heavy atom. The highest BCUT2D eigenvalue weighted by molar-refractivity contribution is 5.77. The second-order valence-corrected chi connectivity index (χ2v) is 7.73. The van der Waals surface area contributed by atoms with E-state index in [1.54, 1.807) is 12.2 Å². The molecular formula is C22H31N3O4. The number of ether oxygens (including phenoxy) is 1. The highest BCUT2D eigenvalue weighted by atomic mass is 16.5. The Bertz CT molecular complexity index is 689. The molecule has 7 nitrogen and oxygen atoms in total. The molecule has 1 aromatic rings. The van der Waals surface area contributed by atoms with E-state index in [0.29, 0.717) is 6.54 Å². The van der Waals surface area contributed by atoms with Crippen LogP contribution < -0.4 is 16.0 Å². The van der Waals surface area contributed by atoms with E-state index in [0.717, 1.165) is 31.2 Å². The number of hydrogen-bond acceptors (Lipinski definition) is 4. The Morgan fingerprint density at radius 1 is 1.03 bits per heavy atom. The van der Waals surface area contributed by atoms with Gasteiger partial charge in [-0.2, -0.15) is 0 Å². The number of aliphatic hydroxyl groups excluding tert-OH is 1. The highest BCUT2D eigenvalue weighted by Crippen LogP contribution is 2.18. The summed E-state index contributed by atoms with van der Waals surface area (Å²) in [5.74, 6) is -0.123. The van der Waals surface area contributed by atoms with E-state index in [1.165, 1.54) is 6.42 Å². The maximum absolute atomic E-state index is 12.3. The lowest BCUT2D eigenvalue weighted by Crippen LogP contribution is -2.53. The molecule has 1 saturated carbocycles. The van der Waals surface area contributed by atoms with Crippen LogP contribution in [-0.2, 0) is 16.1 Å². The quantitative estimate of drug-likeness (QED) is 0.525. The van der Waals surface area contributed by atoms with Gasteiger partial charge in [-0.25, -0.2) is 4.79 Å². The Kier molecular flexibility index (Phi) is 8.07. The highest BCUT2D eigenvalue weighted by Gasteiger charge is 2.29. The average Bonchev–Trinajstić information content (AvgIpc) is 2.74. The second kappa shape index (κ2) is 11.0. The molecule has 3 atom stereocenters. The topological polar surface area (TPSA) is 99.7 Å². The molecule has 0 unspecified atom stereocenters. The van der Waals surface area contributed by atoms with Crippen LogP contribution in [0.2, 0.25) is 0 Å². The fourth-order valence-electron chi connectivity index (χ4n) is 3.81. The van der Waals surface area contributed by atoms with Crippen molar-refractivity contribution in [3.8, 4) is 0 Å². The maximum atomic E-state index is 12.3. The van der Waals surface area contributed by atoms with Gasteiger partial charge in [0.2, 0.25) is 5.91 Å². The lowest BCUT2D eigenvalue weighted by atomic mass is 9.96. The molecule has 4 N–H and O–H groups in total. The van der Waals surface area contributed by atoms with E-state index in [9.17, 15) is 14.7 Å². The van der Waals surface area contributed by atoms with Gasteiger partial charge >= 0.3 is 6.03 Å². The van der Waals surface area contributed by atoms with Crippen LogP contribution in [0.4, 0.5) is 4.79 Å². The summed E-state index contributed by atoms with van der Waals surface area (Å²) in [6.45, 7) is 0.228. The van der Waals surface area contributed by atoms with Crippen molar-refractivity contribution in [3.05, 3.63) is 48.0 Å². The minimum Gasteiger partial charge on any atom is -0.394 e. The third-order valence-corrected chi connectivity index (χ3v) is 5.42. The lowest BCUT2D eigenvalue weighted by molar-refractivity contribution is -0.125. The third kappa shape index (κ3) is 6.87. The fourth-order valence-corrected chi connectivity index (χ4v) is 3.81. The number of carbonyl (C=O) groups is 2. The first-order valence-corrected chi connectivity index (χ1v) is 10.5. The maximum Gasteiger partial charge on any atom is 0.315 e. The lowest BCUT2D eigenvalue weighted by Gasteiger charge is -2.32. The van der Waals surface area contributed by atoms with Gasteiger partial charge in [-0.05, 0) is 18.4 Å². The van der Waals surface area contributed by atoms with Crippen molar-refractivity contribution in [1.29, 1.82) is 0 Å². The zero-order chi connectivity index (χ0) is 20.5. The third-order valence-electron chi connectivity index (χ3n) is 5.42. The van der Waals surface area contributed by atoms with Gasteiger partial charge in [0, 0.05) is 12.6 Å². The minimum absolute atomic E-state index is 0.123. The molecule has 7 heteroatoms. The summed E-state index contributed by atoms with van der Waals surface area (Å²) in [6.07, 6.45) is 8.27. The number of amides is 3. The summed E-state index contributed by atoms with van der Waals surface area (Å²) in [5.41, 5.74) is 1.03. The predicted octanol–water partition coefficient (Wildman–Crippen LogP) is 2.01. The summed E-state index contributed by atoms with van der Waals surface area (Å²) in [4.78, 5) is 24.5. The van der Waals surface area contributed by atoms with E-state index in [1.807, 2.05) is 30.3 Å². The van der Waals surface area contributed by atoms with Crippen LogP contribution in [0.3, 0.4) is 0 Å². The number of carbonyl (C=O) groups excluding carboxylic acids is 2. The van der Waals surface area contributed by atoms with Crippen molar-refractivity contribution in [3.63, 3.8) is 0 Å². The summed E-state index contributed by atoms with van der Waals surface area (Å²) >= 11 is 0. The number of hydrogen-bond donors (Lipinski definition) is 4. The molecule has 1 aliphatic heterocycles. The van der Waals surface area contributed by atoms with Crippen molar-refractivity contribution in [2.24, 2.45) is 0 Å². The fraction of sp³-hybridized carbons (Fsp3) is 0.545. The van der Waals surface area contributed by atoms with E-state index >= 15 is 0 Å². The van der Waals surface area contributed by atoms with E-state index in [-0.39, 0.29) is 31.0 Å². The van der Waals surface area contributed by atoms with Crippen LogP contribution in [0.25, 0.3) is 0 Å². The molecule has 2 aliphatic rings. The van der Waals surface area contributed by atoms with Crippen molar-refractivity contribution < 1.29 is 19.4 Å². The van der Waals surface area contributed by atoms with Gasteiger partial charge in [0.1, 0.15) is 6.10 Å². The SMILES string of the molecule is O=C(C[C@H]1C=C[C@@H](NC(=O)NC2CCCCC2)[C@@H](CO)O1)NCc1ccccc1. The van der Waals surface area contributed by atoms with Crippen LogP contribution in [0.15, 0.2) is 42.5 Å². The molecule has 1 aliphatic carbocycles. The van der Waals surface area contributed by atoms with Gasteiger partial charge in [-0.15, -0.1) is 0 Å². The van der Waals surface area contributed by atoms with Crippen molar-refractivity contribution in [2.45, 2.75) is 69.4 Å². The molecule has 1 heterocycles. The number of rotatable bonds is 7. The molecule has 0 aromatic heterocycles. The summed E-state index contributed by atoms with van der Waals surface area (Å²) < 4.78 is 5.82. The van der Waals surface area contributed by atoms with Gasteiger partial charge in [-0.1, -0.05) is 61.7 Å². The monoisotopic (exact) mass is 401 g/mol. The van der Waals surface area contributed by atoms with E-state index < -0.39 is 18.2 Å². The molecule has 0 bridgehead atoms. The smallest absolute Gasteiger partial charge is 0.315 e. The van der Waals surface area contributed by atoms with Crippen LogP contribution in [-0.4, -0.2) is 47.9 Å². The Morgan fingerprint density at radius 2 is 1.79 bits per heavy atom. The van der Waals surface area contributed by atoms with Gasteiger partial charge in [0.05, 0.1) is 25.2 Å². The number of urea groups is 1. The first-order chi connectivity index (χ1) is 14.1. The van der Waals surface area contributed by atoms with Crippen molar-refractivity contribution >= 4 is 11.9 Å². The van der Waals surface area contributed by atoms with Gasteiger partial charge < -0.3 is 25.8 Å². The Balaban J connectivity index is 1.44. The molecule has 0 saturated heterocycles. The molecule has 29 heavy (non-hydrogen) atoms. The summed E-state index contributed by atoms with van der Waals surface area (Å²) in [6, 6.07) is 9.24. The van der Waals surface area contributed by atoms with E-state index in [2.05, 4.69) is 16.0 Å². The van der Waals surface area contributed by atoms with Crippen LogP contribution in [0.5, 0.6) is 0 Å². The predicted molar refractivity (Wildman–Crippen MR) is 110 cm³/mol. The standard InChI is InChI=1S/C22H31N3O4/c26-15-20-19(25-22(28)24-17-9-5-2-6-10-17)12-11-18(29-20)13-21(27)23-14-16-7-3-1-4-8-16/h1,3-4,7-8,11-12,17-20,26H,2,5-6,9-10,13-15H2,(H,23,27)(H2,24,25,28)/t18-,19-,20-/m1/s1. The molecule has 158 valence electrons. The molecule has 3 rings (SSSR count). The van der Waals surface area contributed by atoms with E-state index in [4.69, 9.17) is 4.74 Å². The first-order valence-electron chi connectivity index (χ1n) is 10.5. The second-order valence-electron chi connectivity index (χ2n) is 7.73. The Labute approximate surface area is 171 Å². The largest absolute Gasteiger partial charge is 0.394 e. The van der Waals surface area contributed by atoms with Gasteiger partial charge in [-0.3, -0.25) is 4.79 Å². The first kappa shape index (κ1) is 21.3. The Hall–Kier alpha value is -2.38. The number of aliphatic hydroxyl groups is 1. The van der Waals surface area contributed by atoms with Crippen LogP contribution in [0.1, 0.15) is 44.1 Å². The van der Waals surface area contributed by atoms with Gasteiger partial charge in [0.25, 0.3) is 0 Å². The zero-order valence-electron chi connectivity index (χ0n) is 16.7. The normalized spacial score (nSPS) is 24.7. The molecular weight excluding hydrogens is 370 g/mol. The van der Waals surface area contributed by atoms with Crippen molar-refractivity contribution in [1.82, 2.24) is 16.0 Å². The molecule has 1 fully saturated rings. The molecule has 0 radical (unpaired) electrons. The molecule has 0 spiro atoms. The molecule has 3 amide bonds. The number of nitrogens with one attached hydrogen (secondary N) is 3. The molecule has 1 aromatic carbocycles. The van der Waals surface area contributed by atoms with Crippen molar-refractivity contribution in [2.75, 3.05) is 6.61 Å². The summed E-state index contributed by atoms with van der Waals surface area (Å²) in [7, 11) is 0.